The minimum atomic E-state index is -1.14. The van der Waals surface area contributed by atoms with Crippen LogP contribution >= 0.6 is 23.2 Å². The number of nitrogens with zero attached hydrogens (tertiary/aromatic N) is 1. The van der Waals surface area contributed by atoms with Gasteiger partial charge >= 0.3 is 0 Å². The van der Waals surface area contributed by atoms with E-state index in [2.05, 4.69) is 27.9 Å². The summed E-state index contributed by atoms with van der Waals surface area (Å²) in [5.41, 5.74) is 8.45. The van der Waals surface area contributed by atoms with Crippen molar-refractivity contribution >= 4 is 40.9 Å². The molecule has 3 aromatic carbocycles. The molecular formula is C34H34Cl2FN5O3. The number of carbonyl (C=O) groups excluding carboxylic acids is 3. The van der Waals surface area contributed by atoms with E-state index >= 15 is 0 Å². The molecule has 0 aliphatic carbocycles. The van der Waals surface area contributed by atoms with Gasteiger partial charge in [0.2, 0.25) is 17.7 Å². The fourth-order valence-corrected chi connectivity index (χ4v) is 5.11. The number of hydrogen-bond acceptors (Lipinski definition) is 5. The van der Waals surface area contributed by atoms with Crippen molar-refractivity contribution in [3.05, 3.63) is 105 Å². The molecular weight excluding hydrogens is 616 g/mol. The summed E-state index contributed by atoms with van der Waals surface area (Å²) in [7, 11) is 0. The van der Waals surface area contributed by atoms with Crippen LogP contribution in [0.1, 0.15) is 41.5 Å². The maximum absolute atomic E-state index is 13.8. The van der Waals surface area contributed by atoms with Crippen LogP contribution in [0, 0.1) is 29.5 Å². The van der Waals surface area contributed by atoms with Crippen LogP contribution in [0.2, 0.25) is 10.0 Å². The predicted octanol–water partition coefficient (Wildman–Crippen LogP) is 4.25. The van der Waals surface area contributed by atoms with Crippen molar-refractivity contribution in [1.82, 2.24) is 16.0 Å². The zero-order valence-corrected chi connectivity index (χ0v) is 26.0. The molecule has 3 atom stereocenters. The first-order valence-electron chi connectivity index (χ1n) is 14.3. The summed E-state index contributed by atoms with van der Waals surface area (Å²) in [6.45, 7) is 0.376. The van der Waals surface area contributed by atoms with Gasteiger partial charge in [0.05, 0.1) is 17.7 Å². The van der Waals surface area contributed by atoms with Gasteiger partial charge in [-0.1, -0.05) is 59.6 Å². The molecule has 3 rings (SSSR count). The van der Waals surface area contributed by atoms with Crippen LogP contribution in [0.25, 0.3) is 0 Å². The summed E-state index contributed by atoms with van der Waals surface area (Å²) >= 11 is 12.5. The standard InChI is InChI=1S/C34H34Cl2FN5O3/c1-2-3-6-15-40-32(43)20-28(16-22-9-13-27(37)14-10-22)41-34(45)31(18-24-11-12-26(35)19-29(24)36)42-33(44)30(39)17-23-7-4-5-8-25(23)21-38/h1,4-5,7-14,19,28,30-31H,3,6,15-18,20,39H2,(H,40,43)(H,41,45)(H,42,44)/t28-,30+,31+/m0/s1. The molecule has 0 aromatic heterocycles. The highest BCUT2D eigenvalue weighted by Gasteiger charge is 2.28. The van der Waals surface area contributed by atoms with Crippen molar-refractivity contribution in [2.75, 3.05) is 6.54 Å². The number of hydrogen-bond donors (Lipinski definition) is 4. The second kappa shape index (κ2) is 17.8. The lowest BCUT2D eigenvalue weighted by molar-refractivity contribution is -0.130. The van der Waals surface area contributed by atoms with Gasteiger partial charge in [0.1, 0.15) is 11.9 Å². The number of nitrogens with one attached hydrogen (secondary N) is 3. The van der Waals surface area contributed by atoms with Gasteiger partial charge in [0.25, 0.3) is 0 Å². The lowest BCUT2D eigenvalue weighted by Gasteiger charge is -2.25. The smallest absolute Gasteiger partial charge is 0.243 e. The Bertz CT molecular complexity index is 1570. The lowest BCUT2D eigenvalue weighted by Crippen LogP contribution is -2.55. The number of unbranched alkanes of at least 4 members (excludes halogenated alkanes) is 1. The predicted molar refractivity (Wildman–Crippen MR) is 173 cm³/mol. The highest BCUT2D eigenvalue weighted by Crippen LogP contribution is 2.22. The number of nitriles is 1. The topological polar surface area (TPSA) is 137 Å². The van der Waals surface area contributed by atoms with Crippen molar-refractivity contribution in [1.29, 1.82) is 5.26 Å². The number of benzene rings is 3. The largest absolute Gasteiger partial charge is 0.356 e. The lowest BCUT2D eigenvalue weighted by atomic mass is 9.99. The normalized spacial score (nSPS) is 12.6. The van der Waals surface area contributed by atoms with Gasteiger partial charge in [-0.25, -0.2) is 4.39 Å². The van der Waals surface area contributed by atoms with E-state index in [9.17, 15) is 24.0 Å². The average molecular weight is 651 g/mol. The second-order valence-electron chi connectivity index (χ2n) is 10.5. The van der Waals surface area contributed by atoms with Crippen molar-refractivity contribution in [3.8, 4) is 18.4 Å². The maximum Gasteiger partial charge on any atom is 0.243 e. The summed E-state index contributed by atoms with van der Waals surface area (Å²) < 4.78 is 13.6. The summed E-state index contributed by atoms with van der Waals surface area (Å²) in [5.74, 6) is 0.599. The number of rotatable bonds is 15. The molecule has 3 aromatic rings. The third-order valence-corrected chi connectivity index (χ3v) is 7.57. The van der Waals surface area contributed by atoms with Crippen LogP contribution in [0.4, 0.5) is 4.39 Å². The van der Waals surface area contributed by atoms with Gasteiger partial charge in [0.15, 0.2) is 0 Å². The molecule has 0 fully saturated rings. The SMILES string of the molecule is C#CCCCNC(=O)C[C@H](Cc1ccc(F)cc1)NC(=O)[C@@H](Cc1ccc(Cl)cc1Cl)NC(=O)[C@H](N)Cc1ccccc1C#N. The number of carbonyl (C=O) groups is 3. The first-order valence-corrected chi connectivity index (χ1v) is 15.1. The minimum Gasteiger partial charge on any atom is -0.356 e. The van der Waals surface area contributed by atoms with Gasteiger partial charge in [-0.3, -0.25) is 14.4 Å². The van der Waals surface area contributed by atoms with Crippen LogP contribution in [0.15, 0.2) is 66.7 Å². The molecule has 0 bridgehead atoms. The molecule has 0 saturated carbocycles. The molecule has 0 aliphatic rings. The van der Waals surface area contributed by atoms with E-state index < -0.39 is 35.8 Å². The van der Waals surface area contributed by atoms with Crippen LogP contribution in [0.3, 0.4) is 0 Å². The van der Waals surface area contributed by atoms with Gasteiger partial charge in [-0.2, -0.15) is 5.26 Å². The van der Waals surface area contributed by atoms with Crippen molar-refractivity contribution in [2.45, 2.75) is 56.7 Å². The third-order valence-electron chi connectivity index (χ3n) is 6.98. The summed E-state index contributed by atoms with van der Waals surface area (Å²) in [6, 6.07) is 16.5. The van der Waals surface area contributed by atoms with E-state index in [1.54, 1.807) is 48.5 Å². The molecule has 0 unspecified atom stereocenters. The highest BCUT2D eigenvalue weighted by molar-refractivity contribution is 6.35. The Hall–Kier alpha value is -4.41. The Morgan fingerprint density at radius 3 is 2.36 bits per heavy atom. The third kappa shape index (κ3) is 11.6. The highest BCUT2D eigenvalue weighted by atomic mass is 35.5. The number of amides is 3. The summed E-state index contributed by atoms with van der Waals surface area (Å²) in [5, 5.41) is 18.5. The van der Waals surface area contributed by atoms with E-state index in [0.29, 0.717) is 51.7 Å². The zero-order valence-electron chi connectivity index (χ0n) is 24.5. The molecule has 0 heterocycles. The fourth-order valence-electron chi connectivity index (χ4n) is 4.63. The molecule has 0 aliphatic heterocycles. The number of halogens is 3. The van der Waals surface area contributed by atoms with E-state index in [0.717, 1.165) is 0 Å². The molecule has 0 radical (unpaired) electrons. The molecule has 5 N–H and O–H groups in total. The molecule has 8 nitrogen and oxygen atoms in total. The molecule has 11 heteroatoms. The Morgan fingerprint density at radius 1 is 0.933 bits per heavy atom. The van der Waals surface area contributed by atoms with Crippen LogP contribution in [0.5, 0.6) is 0 Å². The van der Waals surface area contributed by atoms with Gasteiger partial charge < -0.3 is 21.7 Å². The van der Waals surface area contributed by atoms with Crippen LogP contribution < -0.4 is 21.7 Å². The Balaban J connectivity index is 1.82. The second-order valence-corrected chi connectivity index (χ2v) is 11.3. The van der Waals surface area contributed by atoms with Crippen molar-refractivity contribution in [3.63, 3.8) is 0 Å². The van der Waals surface area contributed by atoms with Gasteiger partial charge in [-0.15, -0.1) is 12.3 Å². The Morgan fingerprint density at radius 2 is 1.67 bits per heavy atom. The number of nitrogens with two attached hydrogens (primary N) is 1. The monoisotopic (exact) mass is 649 g/mol. The van der Waals surface area contributed by atoms with E-state index in [1.807, 2.05) is 0 Å². The minimum absolute atomic E-state index is 0.00334. The van der Waals surface area contributed by atoms with Crippen molar-refractivity contribution in [2.24, 2.45) is 5.73 Å². The first-order chi connectivity index (χ1) is 21.6. The molecule has 0 saturated heterocycles. The Labute approximate surface area is 272 Å². The Kier molecular flexibility index (Phi) is 13.9. The van der Waals surface area contributed by atoms with E-state index in [4.69, 9.17) is 35.4 Å². The maximum atomic E-state index is 13.8. The number of terminal acetylenes is 1. The van der Waals surface area contributed by atoms with E-state index in [1.165, 1.54) is 18.2 Å². The quantitative estimate of drug-likeness (QED) is 0.144. The molecule has 0 spiro atoms. The summed E-state index contributed by atoms with van der Waals surface area (Å²) in [6.07, 6.45) is 6.60. The van der Waals surface area contributed by atoms with Crippen molar-refractivity contribution < 1.29 is 18.8 Å². The van der Waals surface area contributed by atoms with Gasteiger partial charge in [-0.05, 0) is 66.3 Å². The molecule has 234 valence electrons. The fraction of sp³-hybridized carbons (Fsp3) is 0.294. The first kappa shape index (κ1) is 35.1. The van der Waals surface area contributed by atoms with Gasteiger partial charge in [0, 0.05) is 41.9 Å². The van der Waals surface area contributed by atoms with Crippen LogP contribution in [-0.4, -0.2) is 42.4 Å². The molecule has 3 amide bonds. The van der Waals surface area contributed by atoms with E-state index in [-0.39, 0.29) is 31.6 Å². The van der Waals surface area contributed by atoms with Crippen LogP contribution in [-0.2, 0) is 33.6 Å². The average Bonchev–Trinajstić information content (AvgIpc) is 3.01. The zero-order chi connectivity index (χ0) is 32.8. The summed E-state index contributed by atoms with van der Waals surface area (Å²) in [4.78, 5) is 39.8. The molecule has 45 heavy (non-hydrogen) atoms.